The maximum atomic E-state index is 11.5. The van der Waals surface area contributed by atoms with Gasteiger partial charge in [-0.3, -0.25) is 14.9 Å². The molecule has 0 saturated heterocycles. The number of imide groups is 1. The first-order chi connectivity index (χ1) is 9.54. The Bertz CT molecular complexity index is 753. The molecule has 2 heterocycles. The van der Waals surface area contributed by atoms with Crippen molar-refractivity contribution in [2.45, 2.75) is 0 Å². The van der Waals surface area contributed by atoms with Gasteiger partial charge in [-0.05, 0) is 18.2 Å². The lowest BCUT2D eigenvalue weighted by molar-refractivity contribution is 0.0690. The molecule has 1 aliphatic rings. The van der Waals surface area contributed by atoms with E-state index in [1.165, 1.54) is 17.5 Å². The van der Waals surface area contributed by atoms with Gasteiger partial charge < -0.3 is 10.4 Å². The summed E-state index contributed by atoms with van der Waals surface area (Å²) in [6.45, 7) is 0. The zero-order valence-electron chi connectivity index (χ0n) is 9.84. The number of rotatable bonds is 3. The van der Waals surface area contributed by atoms with E-state index in [4.69, 9.17) is 5.11 Å². The van der Waals surface area contributed by atoms with E-state index in [2.05, 4.69) is 15.6 Å². The highest BCUT2D eigenvalue weighted by Crippen LogP contribution is 2.25. The Morgan fingerprint density at radius 1 is 1.25 bits per heavy atom. The number of hydrogen-bond donors (Lipinski definition) is 3. The number of fused-ring (bicyclic) bond motifs is 1. The number of aromatic nitrogens is 1. The second-order valence-corrected chi connectivity index (χ2v) is 4.87. The Hall–Kier alpha value is -2.74. The number of carbonyl (C=O) groups excluding carboxylic acids is 2. The number of aromatic carboxylic acids is 1. The van der Waals surface area contributed by atoms with Crippen LogP contribution in [-0.4, -0.2) is 27.9 Å². The lowest BCUT2D eigenvalue weighted by Gasteiger charge is -2.03. The quantitative estimate of drug-likeness (QED) is 0.738. The first-order valence-corrected chi connectivity index (χ1v) is 6.38. The second-order valence-electron chi connectivity index (χ2n) is 4.01. The van der Waals surface area contributed by atoms with Gasteiger partial charge >= 0.3 is 5.97 Å². The van der Waals surface area contributed by atoms with Gasteiger partial charge in [0.1, 0.15) is 0 Å². The van der Waals surface area contributed by atoms with Gasteiger partial charge in [-0.25, -0.2) is 9.78 Å². The molecule has 3 N–H and O–H groups in total. The summed E-state index contributed by atoms with van der Waals surface area (Å²) in [5, 5.41) is 15.7. The number of anilines is 2. The van der Waals surface area contributed by atoms with Crippen molar-refractivity contribution in [1.29, 1.82) is 0 Å². The molecule has 0 atom stereocenters. The third-order valence-corrected chi connectivity index (χ3v) is 3.47. The van der Waals surface area contributed by atoms with E-state index in [-0.39, 0.29) is 11.3 Å². The van der Waals surface area contributed by atoms with E-state index in [1.54, 1.807) is 6.07 Å². The molecule has 0 radical (unpaired) electrons. The summed E-state index contributed by atoms with van der Waals surface area (Å²) in [5.41, 5.74) is 1.12. The highest BCUT2D eigenvalue weighted by atomic mass is 32.1. The monoisotopic (exact) mass is 289 g/mol. The van der Waals surface area contributed by atoms with Gasteiger partial charge in [0.25, 0.3) is 11.8 Å². The van der Waals surface area contributed by atoms with Crippen LogP contribution < -0.4 is 10.6 Å². The molecular weight excluding hydrogens is 282 g/mol. The highest BCUT2D eigenvalue weighted by Gasteiger charge is 2.26. The molecule has 0 bridgehead atoms. The normalized spacial score (nSPS) is 13.0. The molecule has 8 heteroatoms. The van der Waals surface area contributed by atoms with Crippen LogP contribution in [0.15, 0.2) is 23.6 Å². The summed E-state index contributed by atoms with van der Waals surface area (Å²) < 4.78 is 0. The second kappa shape index (κ2) is 4.42. The summed E-state index contributed by atoms with van der Waals surface area (Å²) in [7, 11) is 0. The molecular formula is C12H7N3O4S. The van der Waals surface area contributed by atoms with Gasteiger partial charge in [-0.1, -0.05) is 0 Å². The van der Waals surface area contributed by atoms with Crippen molar-refractivity contribution < 1.29 is 19.5 Å². The van der Waals surface area contributed by atoms with Gasteiger partial charge in [-0.15, -0.1) is 11.3 Å². The number of amides is 2. The van der Waals surface area contributed by atoms with Crippen molar-refractivity contribution in [1.82, 2.24) is 10.3 Å². The molecule has 0 spiro atoms. The first kappa shape index (κ1) is 12.3. The Kier molecular flexibility index (Phi) is 2.72. The molecule has 1 aromatic carbocycles. The molecule has 2 aromatic rings. The number of carboxylic acids is 1. The molecule has 7 nitrogen and oxygen atoms in total. The smallest absolute Gasteiger partial charge is 0.355 e. The summed E-state index contributed by atoms with van der Waals surface area (Å²) in [6, 6.07) is 4.68. The highest BCUT2D eigenvalue weighted by molar-refractivity contribution is 7.14. The van der Waals surface area contributed by atoms with Crippen LogP contribution in [0.2, 0.25) is 0 Å². The minimum atomic E-state index is -1.10. The van der Waals surface area contributed by atoms with Crippen LogP contribution in [0.25, 0.3) is 0 Å². The molecule has 2 amide bonds. The molecule has 0 unspecified atom stereocenters. The van der Waals surface area contributed by atoms with E-state index in [9.17, 15) is 14.4 Å². The fourth-order valence-electron chi connectivity index (χ4n) is 1.80. The summed E-state index contributed by atoms with van der Waals surface area (Å²) in [4.78, 5) is 37.5. The van der Waals surface area contributed by atoms with Crippen molar-refractivity contribution in [2.75, 3.05) is 5.32 Å². The number of benzene rings is 1. The Labute approximate surface area is 116 Å². The molecule has 1 aromatic heterocycles. The topological polar surface area (TPSA) is 108 Å². The molecule has 3 rings (SSSR count). The van der Waals surface area contributed by atoms with Crippen LogP contribution in [0, 0.1) is 0 Å². The number of hydrogen-bond acceptors (Lipinski definition) is 6. The van der Waals surface area contributed by atoms with Crippen LogP contribution in [-0.2, 0) is 0 Å². The van der Waals surface area contributed by atoms with E-state index in [0.717, 1.165) is 11.3 Å². The van der Waals surface area contributed by atoms with Gasteiger partial charge in [-0.2, -0.15) is 0 Å². The molecule has 1 aliphatic heterocycles. The molecule has 0 saturated carbocycles. The zero-order valence-corrected chi connectivity index (χ0v) is 10.7. The van der Waals surface area contributed by atoms with E-state index < -0.39 is 17.8 Å². The van der Waals surface area contributed by atoms with Crippen molar-refractivity contribution in [3.05, 3.63) is 40.4 Å². The van der Waals surface area contributed by atoms with Crippen LogP contribution in [0.3, 0.4) is 0 Å². The third kappa shape index (κ3) is 2.01. The number of carbonyl (C=O) groups is 3. The predicted octanol–water partition coefficient (Wildman–Crippen LogP) is 1.47. The van der Waals surface area contributed by atoms with Crippen LogP contribution in [0.4, 0.5) is 10.8 Å². The lowest BCUT2D eigenvalue weighted by Crippen LogP contribution is -2.19. The standard InChI is InChI=1S/C12H7N3O4S/c16-9-6-2-1-5(3-7(6)10(17)15-9)13-12-14-8(4-20-12)11(18)19/h1-4H,(H,13,14)(H,18,19)(H,15,16,17). The average Bonchev–Trinajstić information content (AvgIpc) is 2.96. The molecule has 0 aliphatic carbocycles. The molecule has 0 fully saturated rings. The van der Waals surface area contributed by atoms with Crippen molar-refractivity contribution in [3.8, 4) is 0 Å². The Balaban J connectivity index is 1.88. The van der Waals surface area contributed by atoms with Crippen LogP contribution >= 0.6 is 11.3 Å². The Morgan fingerprint density at radius 3 is 2.70 bits per heavy atom. The number of carboxylic acid groups (broad SMARTS) is 1. The largest absolute Gasteiger partial charge is 0.476 e. The summed E-state index contributed by atoms with van der Waals surface area (Å²) in [6.07, 6.45) is 0. The van der Waals surface area contributed by atoms with Crippen LogP contribution in [0.1, 0.15) is 31.2 Å². The predicted molar refractivity (Wildman–Crippen MR) is 70.6 cm³/mol. The average molecular weight is 289 g/mol. The van der Waals surface area contributed by atoms with Gasteiger partial charge in [0, 0.05) is 11.1 Å². The number of nitrogens with one attached hydrogen (secondary N) is 2. The van der Waals surface area contributed by atoms with Crippen molar-refractivity contribution in [2.24, 2.45) is 0 Å². The van der Waals surface area contributed by atoms with Crippen LogP contribution in [0.5, 0.6) is 0 Å². The SMILES string of the molecule is O=C(O)c1csc(Nc2ccc3c(c2)C(=O)NC3=O)n1. The zero-order chi connectivity index (χ0) is 14.3. The van der Waals surface area contributed by atoms with Gasteiger partial charge in [0.05, 0.1) is 11.1 Å². The minimum Gasteiger partial charge on any atom is -0.476 e. The maximum absolute atomic E-state index is 11.5. The molecule has 100 valence electrons. The first-order valence-electron chi connectivity index (χ1n) is 5.50. The van der Waals surface area contributed by atoms with E-state index in [0.29, 0.717) is 16.4 Å². The van der Waals surface area contributed by atoms with E-state index in [1.807, 2.05) is 0 Å². The summed E-state index contributed by atoms with van der Waals surface area (Å²) >= 11 is 1.14. The van der Waals surface area contributed by atoms with Crippen molar-refractivity contribution >= 4 is 39.9 Å². The fraction of sp³-hybridized carbons (Fsp3) is 0. The van der Waals surface area contributed by atoms with Crippen molar-refractivity contribution in [3.63, 3.8) is 0 Å². The molecule has 20 heavy (non-hydrogen) atoms. The maximum Gasteiger partial charge on any atom is 0.355 e. The number of thiazole rings is 1. The number of nitrogens with zero attached hydrogens (tertiary/aromatic N) is 1. The summed E-state index contributed by atoms with van der Waals surface area (Å²) in [5.74, 6) is -1.97. The van der Waals surface area contributed by atoms with E-state index >= 15 is 0 Å². The minimum absolute atomic E-state index is 0.0495. The lowest BCUT2D eigenvalue weighted by atomic mass is 10.1. The Morgan fingerprint density at radius 2 is 2.00 bits per heavy atom. The fourth-order valence-corrected chi connectivity index (χ4v) is 2.50. The van der Waals surface area contributed by atoms with Gasteiger partial charge in [0.15, 0.2) is 10.8 Å². The van der Waals surface area contributed by atoms with Gasteiger partial charge in [0.2, 0.25) is 0 Å². The third-order valence-electron chi connectivity index (χ3n) is 2.71.